The molecule has 0 saturated carbocycles. The van der Waals surface area contributed by atoms with Crippen molar-refractivity contribution in [3.05, 3.63) is 30.3 Å². The quantitative estimate of drug-likeness (QED) is 0.786. The Morgan fingerprint density at radius 3 is 2.56 bits per heavy atom. The van der Waals surface area contributed by atoms with Gasteiger partial charge in [0.2, 0.25) is 10.0 Å². The third-order valence-corrected chi connectivity index (χ3v) is 5.33. The van der Waals surface area contributed by atoms with E-state index in [4.69, 9.17) is 0 Å². The fourth-order valence-corrected chi connectivity index (χ4v) is 4.26. The van der Waals surface area contributed by atoms with E-state index in [0.29, 0.717) is 18.0 Å². The third kappa shape index (κ3) is 2.47. The van der Waals surface area contributed by atoms with Crippen LogP contribution < -0.4 is 0 Å². The number of sulfonamides is 1. The van der Waals surface area contributed by atoms with Crippen LogP contribution in [0.1, 0.15) is 12.8 Å². The van der Waals surface area contributed by atoms with Crippen LogP contribution in [0.2, 0.25) is 0 Å². The van der Waals surface area contributed by atoms with Crippen LogP contribution in [0.4, 0.5) is 0 Å². The van der Waals surface area contributed by atoms with Gasteiger partial charge in [-0.2, -0.15) is 4.31 Å². The minimum Gasteiger partial charge on any atom is -0.207 e. The Hall–Kier alpha value is -0.390. The Kier molecular flexibility index (Phi) is 3.66. The van der Waals surface area contributed by atoms with Crippen molar-refractivity contribution in [3.8, 4) is 0 Å². The van der Waals surface area contributed by atoms with Gasteiger partial charge in [0.25, 0.3) is 0 Å². The molecule has 88 valence electrons. The number of nitrogens with zero attached hydrogens (tertiary/aromatic N) is 1. The molecule has 0 spiro atoms. The highest BCUT2D eigenvalue weighted by molar-refractivity contribution is 9.09. The van der Waals surface area contributed by atoms with Crippen molar-refractivity contribution >= 4 is 26.0 Å². The second kappa shape index (κ2) is 4.85. The minimum atomic E-state index is -3.29. The molecule has 0 bridgehead atoms. The smallest absolute Gasteiger partial charge is 0.207 e. The summed E-state index contributed by atoms with van der Waals surface area (Å²) in [4.78, 5) is 0.663. The number of rotatable bonds is 2. The molecule has 0 N–H and O–H groups in total. The van der Waals surface area contributed by atoms with E-state index in [1.54, 1.807) is 28.6 Å². The summed E-state index contributed by atoms with van der Waals surface area (Å²) in [5.41, 5.74) is 0. The van der Waals surface area contributed by atoms with E-state index in [1.165, 1.54) is 0 Å². The summed E-state index contributed by atoms with van der Waals surface area (Å²) in [6.07, 6.45) is 1.96. The standard InChI is InChI=1S/C11H14BrNO2S/c12-10-5-4-8-13(9-10)16(14,15)11-6-2-1-3-7-11/h1-3,6-7,10H,4-5,8-9H2. The molecule has 0 aliphatic carbocycles. The maximum absolute atomic E-state index is 12.2. The zero-order valence-electron chi connectivity index (χ0n) is 8.84. The summed E-state index contributed by atoms with van der Waals surface area (Å²) in [6, 6.07) is 8.62. The van der Waals surface area contributed by atoms with E-state index in [-0.39, 0.29) is 4.83 Å². The van der Waals surface area contributed by atoms with E-state index in [9.17, 15) is 8.42 Å². The first-order valence-electron chi connectivity index (χ1n) is 5.30. The summed E-state index contributed by atoms with van der Waals surface area (Å²) < 4.78 is 26.0. The van der Waals surface area contributed by atoms with E-state index < -0.39 is 10.0 Å². The minimum absolute atomic E-state index is 0.278. The molecule has 0 radical (unpaired) electrons. The first-order valence-corrected chi connectivity index (χ1v) is 7.65. The van der Waals surface area contributed by atoms with Crippen molar-refractivity contribution < 1.29 is 8.42 Å². The Labute approximate surface area is 105 Å². The highest BCUT2D eigenvalue weighted by atomic mass is 79.9. The molecule has 1 aliphatic rings. The van der Waals surface area contributed by atoms with Crippen molar-refractivity contribution in [2.75, 3.05) is 13.1 Å². The lowest BCUT2D eigenvalue weighted by atomic mass is 10.2. The molecule has 2 rings (SSSR count). The molecule has 1 unspecified atom stereocenters. The number of hydrogen-bond donors (Lipinski definition) is 0. The molecule has 1 atom stereocenters. The fourth-order valence-electron chi connectivity index (χ4n) is 1.85. The van der Waals surface area contributed by atoms with E-state index in [0.717, 1.165) is 12.8 Å². The number of alkyl halides is 1. The maximum atomic E-state index is 12.2. The fraction of sp³-hybridized carbons (Fsp3) is 0.455. The maximum Gasteiger partial charge on any atom is 0.243 e. The zero-order valence-corrected chi connectivity index (χ0v) is 11.2. The van der Waals surface area contributed by atoms with Crippen LogP contribution >= 0.6 is 15.9 Å². The van der Waals surface area contributed by atoms with Gasteiger partial charge in [0.15, 0.2) is 0 Å². The molecular weight excluding hydrogens is 290 g/mol. The lowest BCUT2D eigenvalue weighted by molar-refractivity contribution is 0.356. The van der Waals surface area contributed by atoms with Crippen LogP contribution in [0.25, 0.3) is 0 Å². The van der Waals surface area contributed by atoms with Crippen LogP contribution in [0, 0.1) is 0 Å². The van der Waals surface area contributed by atoms with Gasteiger partial charge < -0.3 is 0 Å². The van der Waals surface area contributed by atoms with Gasteiger partial charge >= 0.3 is 0 Å². The first-order chi connectivity index (χ1) is 7.60. The summed E-state index contributed by atoms with van der Waals surface area (Å²) in [5.74, 6) is 0. The number of piperidine rings is 1. The summed E-state index contributed by atoms with van der Waals surface area (Å²) in [7, 11) is -3.29. The molecule has 0 aromatic heterocycles. The predicted molar refractivity (Wildman–Crippen MR) is 67.1 cm³/mol. The van der Waals surface area contributed by atoms with Crippen LogP contribution in [-0.4, -0.2) is 30.6 Å². The first kappa shape index (κ1) is 12.1. The topological polar surface area (TPSA) is 37.4 Å². The van der Waals surface area contributed by atoms with Gasteiger partial charge in [0.1, 0.15) is 0 Å². The molecule has 3 nitrogen and oxygen atoms in total. The van der Waals surface area contributed by atoms with Crippen molar-refractivity contribution in [1.29, 1.82) is 0 Å². The van der Waals surface area contributed by atoms with E-state index in [2.05, 4.69) is 15.9 Å². The largest absolute Gasteiger partial charge is 0.243 e. The highest BCUT2D eigenvalue weighted by Crippen LogP contribution is 2.23. The molecule has 1 saturated heterocycles. The third-order valence-electron chi connectivity index (χ3n) is 2.71. The monoisotopic (exact) mass is 303 g/mol. The van der Waals surface area contributed by atoms with Crippen molar-refractivity contribution in [2.24, 2.45) is 0 Å². The lowest BCUT2D eigenvalue weighted by Gasteiger charge is -2.29. The summed E-state index contributed by atoms with van der Waals surface area (Å²) >= 11 is 3.49. The van der Waals surface area contributed by atoms with Crippen LogP contribution in [0.5, 0.6) is 0 Å². The SMILES string of the molecule is O=S(=O)(c1ccccc1)N1CCCC(Br)C1. The second-order valence-electron chi connectivity index (χ2n) is 3.92. The van der Waals surface area contributed by atoms with Crippen molar-refractivity contribution in [2.45, 2.75) is 22.6 Å². The Bertz CT molecular complexity index is 446. The number of hydrogen-bond acceptors (Lipinski definition) is 2. The average Bonchev–Trinajstić information content (AvgIpc) is 2.30. The summed E-state index contributed by atoms with van der Waals surface area (Å²) in [5, 5.41) is 0. The molecule has 16 heavy (non-hydrogen) atoms. The van der Waals surface area contributed by atoms with Crippen LogP contribution in [-0.2, 0) is 10.0 Å². The van der Waals surface area contributed by atoms with Gasteiger partial charge in [-0.05, 0) is 25.0 Å². The average molecular weight is 304 g/mol. The zero-order chi connectivity index (χ0) is 11.6. The van der Waals surface area contributed by atoms with Crippen molar-refractivity contribution in [1.82, 2.24) is 4.31 Å². The Morgan fingerprint density at radius 2 is 1.94 bits per heavy atom. The number of benzene rings is 1. The Balaban J connectivity index is 2.26. The second-order valence-corrected chi connectivity index (χ2v) is 7.15. The molecule has 1 aromatic carbocycles. The van der Waals surface area contributed by atoms with Crippen LogP contribution in [0.15, 0.2) is 35.2 Å². The molecular formula is C11H14BrNO2S. The Morgan fingerprint density at radius 1 is 1.25 bits per heavy atom. The van der Waals surface area contributed by atoms with Crippen LogP contribution in [0.3, 0.4) is 0 Å². The van der Waals surface area contributed by atoms with Gasteiger partial charge in [-0.15, -0.1) is 0 Å². The molecule has 1 fully saturated rings. The van der Waals surface area contributed by atoms with E-state index >= 15 is 0 Å². The van der Waals surface area contributed by atoms with Gasteiger partial charge in [-0.3, -0.25) is 0 Å². The normalized spacial score (nSPS) is 23.2. The molecule has 5 heteroatoms. The van der Waals surface area contributed by atoms with Gasteiger partial charge in [0, 0.05) is 17.9 Å². The molecule has 0 amide bonds. The summed E-state index contributed by atoms with van der Waals surface area (Å²) in [6.45, 7) is 1.19. The highest BCUT2D eigenvalue weighted by Gasteiger charge is 2.28. The van der Waals surface area contributed by atoms with Crippen molar-refractivity contribution in [3.63, 3.8) is 0 Å². The van der Waals surface area contributed by atoms with E-state index in [1.807, 2.05) is 6.07 Å². The predicted octanol–water partition coefficient (Wildman–Crippen LogP) is 2.23. The molecule has 1 heterocycles. The molecule has 1 aliphatic heterocycles. The van der Waals surface area contributed by atoms with Gasteiger partial charge in [0.05, 0.1) is 4.90 Å². The van der Waals surface area contributed by atoms with Gasteiger partial charge in [-0.1, -0.05) is 34.1 Å². The number of halogens is 1. The van der Waals surface area contributed by atoms with Gasteiger partial charge in [-0.25, -0.2) is 8.42 Å². The lowest BCUT2D eigenvalue weighted by Crippen LogP contribution is -2.40. The molecule has 1 aromatic rings.